The van der Waals surface area contributed by atoms with E-state index >= 15 is 0 Å². The van der Waals surface area contributed by atoms with Crippen LogP contribution < -0.4 is 0 Å². The van der Waals surface area contributed by atoms with Crippen LogP contribution in [0.5, 0.6) is 0 Å². The molecule has 0 spiro atoms. The van der Waals surface area contributed by atoms with Crippen LogP contribution in [-0.4, -0.2) is 9.97 Å². The molecule has 250 valence electrons. The van der Waals surface area contributed by atoms with Crippen molar-refractivity contribution in [3.8, 4) is 45.0 Å². The van der Waals surface area contributed by atoms with Crippen LogP contribution in [0.3, 0.4) is 0 Å². The summed E-state index contributed by atoms with van der Waals surface area (Å²) in [6.45, 7) is 0. The summed E-state index contributed by atoms with van der Waals surface area (Å²) in [5.74, 6) is 0.706. The van der Waals surface area contributed by atoms with Crippen LogP contribution in [0.15, 0.2) is 194 Å². The summed E-state index contributed by atoms with van der Waals surface area (Å²) in [6.07, 6.45) is 0. The van der Waals surface area contributed by atoms with Crippen LogP contribution in [0.25, 0.3) is 110 Å². The maximum atomic E-state index is 5.36. The molecule has 0 aliphatic carbocycles. The second-order valence-corrected chi connectivity index (χ2v) is 14.1. The molecular formula is C52H32N2. The topological polar surface area (TPSA) is 25.8 Å². The van der Waals surface area contributed by atoms with Crippen LogP contribution in [0.2, 0.25) is 0 Å². The molecule has 0 aliphatic heterocycles. The lowest BCUT2D eigenvalue weighted by Gasteiger charge is -2.16. The maximum absolute atomic E-state index is 5.36. The average molecular weight is 685 g/mol. The normalized spacial score (nSPS) is 11.7. The Labute approximate surface area is 312 Å². The molecule has 0 fully saturated rings. The van der Waals surface area contributed by atoms with Crippen molar-refractivity contribution < 1.29 is 0 Å². The van der Waals surface area contributed by atoms with E-state index in [2.05, 4.69) is 188 Å². The molecule has 0 N–H and O–H groups in total. The van der Waals surface area contributed by atoms with Crippen molar-refractivity contribution in [1.29, 1.82) is 0 Å². The molecule has 2 nitrogen and oxygen atoms in total. The van der Waals surface area contributed by atoms with Gasteiger partial charge in [-0.3, -0.25) is 0 Å². The van der Waals surface area contributed by atoms with Gasteiger partial charge in [0.25, 0.3) is 0 Å². The lowest BCUT2D eigenvalue weighted by Crippen LogP contribution is -1.97. The average Bonchev–Trinajstić information content (AvgIpc) is 3.25. The quantitative estimate of drug-likeness (QED) is 0.136. The number of hydrogen-bond donors (Lipinski definition) is 0. The third kappa shape index (κ3) is 4.88. The van der Waals surface area contributed by atoms with Crippen LogP contribution in [0.1, 0.15) is 0 Å². The Morgan fingerprint density at radius 3 is 1.37 bits per heavy atom. The van der Waals surface area contributed by atoms with Gasteiger partial charge in [0.15, 0.2) is 5.82 Å². The SMILES string of the molecule is c1ccc(-c2nc(-c3cccc(-c4c5ccccc5cc5c4ccc4ccccc45)c3)cc(-c3c4ccccc4cc4c3ccc3ccccc34)n2)cc1. The van der Waals surface area contributed by atoms with Gasteiger partial charge in [-0.15, -0.1) is 0 Å². The van der Waals surface area contributed by atoms with E-state index in [9.17, 15) is 0 Å². The van der Waals surface area contributed by atoms with E-state index in [0.717, 1.165) is 33.6 Å². The van der Waals surface area contributed by atoms with Crippen molar-refractivity contribution in [3.63, 3.8) is 0 Å². The highest BCUT2D eigenvalue weighted by atomic mass is 14.9. The number of aromatic nitrogens is 2. The minimum atomic E-state index is 0.706. The summed E-state index contributed by atoms with van der Waals surface area (Å²) in [7, 11) is 0. The Morgan fingerprint density at radius 1 is 0.241 bits per heavy atom. The Balaban J connectivity index is 1.18. The highest BCUT2D eigenvalue weighted by Crippen LogP contribution is 2.42. The zero-order valence-electron chi connectivity index (χ0n) is 29.4. The molecule has 0 radical (unpaired) electrons. The van der Waals surface area contributed by atoms with Gasteiger partial charge in [0.05, 0.1) is 11.4 Å². The molecular weight excluding hydrogens is 653 g/mol. The molecule has 0 aliphatic rings. The fourth-order valence-electron chi connectivity index (χ4n) is 8.50. The van der Waals surface area contributed by atoms with Gasteiger partial charge >= 0.3 is 0 Å². The summed E-state index contributed by atoms with van der Waals surface area (Å²) in [5.41, 5.74) is 7.34. The van der Waals surface area contributed by atoms with Crippen molar-refractivity contribution in [2.75, 3.05) is 0 Å². The van der Waals surface area contributed by atoms with Crippen LogP contribution in [0, 0.1) is 0 Å². The monoisotopic (exact) mass is 684 g/mol. The predicted molar refractivity (Wildman–Crippen MR) is 229 cm³/mol. The van der Waals surface area contributed by atoms with Crippen LogP contribution in [-0.2, 0) is 0 Å². The maximum Gasteiger partial charge on any atom is 0.160 e. The molecule has 11 rings (SSSR count). The van der Waals surface area contributed by atoms with Gasteiger partial charge < -0.3 is 0 Å². The van der Waals surface area contributed by atoms with E-state index < -0.39 is 0 Å². The number of fused-ring (bicyclic) bond motifs is 8. The Kier molecular flexibility index (Phi) is 6.90. The molecule has 0 unspecified atom stereocenters. The minimum absolute atomic E-state index is 0.706. The van der Waals surface area contributed by atoms with Gasteiger partial charge in [-0.1, -0.05) is 170 Å². The van der Waals surface area contributed by atoms with E-state index in [-0.39, 0.29) is 0 Å². The molecule has 0 saturated carbocycles. The van der Waals surface area contributed by atoms with Gasteiger partial charge in [-0.2, -0.15) is 0 Å². The number of benzene rings is 10. The minimum Gasteiger partial charge on any atom is -0.228 e. The molecule has 54 heavy (non-hydrogen) atoms. The first-order chi connectivity index (χ1) is 26.8. The summed E-state index contributed by atoms with van der Waals surface area (Å²) >= 11 is 0. The predicted octanol–water partition coefficient (Wildman–Crippen LogP) is 14.1. The fraction of sp³-hybridized carbons (Fsp3) is 0. The van der Waals surface area contributed by atoms with Crippen LogP contribution >= 0.6 is 0 Å². The van der Waals surface area contributed by atoms with E-state index in [1.54, 1.807) is 0 Å². The van der Waals surface area contributed by atoms with Gasteiger partial charge in [0, 0.05) is 16.7 Å². The molecule has 11 aromatic rings. The lowest BCUT2D eigenvalue weighted by molar-refractivity contribution is 1.19. The Bertz CT molecular complexity index is 3270. The summed E-state index contributed by atoms with van der Waals surface area (Å²) < 4.78 is 0. The largest absolute Gasteiger partial charge is 0.228 e. The number of nitrogens with zero attached hydrogens (tertiary/aromatic N) is 2. The first-order valence-corrected chi connectivity index (χ1v) is 18.5. The first kappa shape index (κ1) is 30.5. The van der Waals surface area contributed by atoms with Gasteiger partial charge in [0.1, 0.15) is 0 Å². The van der Waals surface area contributed by atoms with Crippen molar-refractivity contribution in [2.45, 2.75) is 0 Å². The molecule has 0 atom stereocenters. The summed E-state index contributed by atoms with van der Waals surface area (Å²) in [4.78, 5) is 10.7. The molecule has 1 heterocycles. The summed E-state index contributed by atoms with van der Waals surface area (Å²) in [6, 6.07) is 69.9. The lowest BCUT2D eigenvalue weighted by atomic mass is 9.89. The van der Waals surface area contributed by atoms with Crippen molar-refractivity contribution >= 4 is 64.6 Å². The molecule has 0 amide bonds. The molecule has 2 heteroatoms. The van der Waals surface area contributed by atoms with E-state index in [1.165, 1.54) is 70.2 Å². The standard InChI is InChI=1S/C52H32N2/c1-2-15-35(16-3-1)52-53-48(32-49(54-52)51-43-24-11-7-18-37(43)31-47-41-22-9-5-14-34(41)26-28-45(47)51)38-19-12-20-39(29-38)50-42-23-10-6-17-36(42)30-46-40-21-8-4-13-33(40)25-27-44(46)50/h1-32H. The molecule has 0 saturated heterocycles. The smallest absolute Gasteiger partial charge is 0.160 e. The Morgan fingerprint density at radius 2 is 0.722 bits per heavy atom. The van der Waals surface area contributed by atoms with Crippen molar-refractivity contribution in [2.24, 2.45) is 0 Å². The second-order valence-electron chi connectivity index (χ2n) is 14.1. The third-order valence-corrected chi connectivity index (χ3v) is 11.0. The van der Waals surface area contributed by atoms with Gasteiger partial charge in [-0.25, -0.2) is 9.97 Å². The van der Waals surface area contributed by atoms with E-state index in [1.807, 2.05) is 6.07 Å². The molecule has 1 aromatic heterocycles. The van der Waals surface area contributed by atoms with E-state index in [0.29, 0.717) is 5.82 Å². The van der Waals surface area contributed by atoms with Gasteiger partial charge in [-0.05, 0) is 100 Å². The molecule has 10 aromatic carbocycles. The third-order valence-electron chi connectivity index (χ3n) is 11.0. The first-order valence-electron chi connectivity index (χ1n) is 18.5. The van der Waals surface area contributed by atoms with Gasteiger partial charge in [0.2, 0.25) is 0 Å². The van der Waals surface area contributed by atoms with Crippen molar-refractivity contribution in [3.05, 3.63) is 194 Å². The fourth-order valence-corrected chi connectivity index (χ4v) is 8.50. The van der Waals surface area contributed by atoms with Crippen LogP contribution in [0.4, 0.5) is 0 Å². The van der Waals surface area contributed by atoms with Crippen molar-refractivity contribution in [1.82, 2.24) is 9.97 Å². The second kappa shape index (κ2) is 12.2. The molecule has 0 bridgehead atoms. The highest BCUT2D eigenvalue weighted by Gasteiger charge is 2.18. The zero-order chi connectivity index (χ0) is 35.6. The number of hydrogen-bond acceptors (Lipinski definition) is 2. The zero-order valence-corrected chi connectivity index (χ0v) is 29.4. The number of rotatable bonds is 4. The Hall–Kier alpha value is -7.16. The van der Waals surface area contributed by atoms with E-state index in [4.69, 9.17) is 9.97 Å². The summed E-state index contributed by atoms with van der Waals surface area (Å²) in [5, 5.41) is 14.7. The highest BCUT2D eigenvalue weighted by molar-refractivity contribution is 6.21.